The Morgan fingerprint density at radius 2 is 2.00 bits per heavy atom. The van der Waals surface area contributed by atoms with Crippen LogP contribution >= 0.6 is 11.6 Å². The monoisotopic (exact) mass is 268 g/mol. The first-order valence-corrected chi connectivity index (χ1v) is 5.74. The molecule has 0 bridgehead atoms. The Kier molecular flexibility index (Phi) is 3.89. The van der Waals surface area contributed by atoms with Crippen LogP contribution in [0.4, 0.5) is 8.78 Å². The Balaban J connectivity index is 2.16. The van der Waals surface area contributed by atoms with Crippen molar-refractivity contribution in [2.75, 3.05) is 0 Å². The third kappa shape index (κ3) is 3.03. The molecule has 0 aliphatic rings. The van der Waals surface area contributed by atoms with Crippen molar-refractivity contribution in [3.05, 3.63) is 64.4 Å². The fraction of sp³-hybridized carbons (Fsp3) is 0.154. The quantitative estimate of drug-likeness (QED) is 0.928. The van der Waals surface area contributed by atoms with Crippen molar-refractivity contribution >= 4 is 11.6 Å². The summed E-state index contributed by atoms with van der Waals surface area (Å²) in [5, 5.41) is 0.0528. The van der Waals surface area contributed by atoms with Crippen LogP contribution in [0.3, 0.4) is 0 Å². The topological polar surface area (TPSA) is 38.9 Å². The van der Waals surface area contributed by atoms with Gasteiger partial charge in [-0.1, -0.05) is 17.7 Å². The molecule has 0 aliphatic carbocycles. The van der Waals surface area contributed by atoms with Gasteiger partial charge in [-0.15, -0.1) is 0 Å². The molecule has 1 unspecified atom stereocenters. The van der Waals surface area contributed by atoms with Crippen molar-refractivity contribution in [2.45, 2.75) is 12.5 Å². The van der Waals surface area contributed by atoms with Gasteiger partial charge in [-0.25, -0.2) is 8.78 Å². The lowest BCUT2D eigenvalue weighted by molar-refractivity contribution is 0.610. The highest BCUT2D eigenvalue weighted by Gasteiger charge is 2.10. The van der Waals surface area contributed by atoms with Crippen molar-refractivity contribution in [3.8, 4) is 0 Å². The molecule has 1 heterocycles. The van der Waals surface area contributed by atoms with Gasteiger partial charge in [0.1, 0.15) is 11.6 Å². The molecule has 1 aromatic heterocycles. The number of hydrogen-bond acceptors (Lipinski definition) is 2. The molecule has 0 spiro atoms. The summed E-state index contributed by atoms with van der Waals surface area (Å²) in [5.41, 5.74) is 7.32. The molecule has 0 saturated heterocycles. The van der Waals surface area contributed by atoms with Crippen LogP contribution in [0, 0.1) is 11.6 Å². The Morgan fingerprint density at radius 3 is 2.67 bits per heavy atom. The number of hydrogen-bond donors (Lipinski definition) is 1. The van der Waals surface area contributed by atoms with Gasteiger partial charge in [0.05, 0.1) is 11.2 Å². The maximum atomic E-state index is 13.0. The van der Waals surface area contributed by atoms with Crippen LogP contribution in [0.2, 0.25) is 5.02 Å². The SMILES string of the molecule is NC(Cc1ccc(F)c(Cl)c1)c1cncc(F)c1. The van der Waals surface area contributed by atoms with Gasteiger partial charge in [-0.3, -0.25) is 4.98 Å². The smallest absolute Gasteiger partial charge is 0.141 e. The second-order valence-corrected chi connectivity index (χ2v) is 4.40. The molecule has 2 rings (SSSR count). The average Bonchev–Trinajstić information content (AvgIpc) is 2.34. The maximum Gasteiger partial charge on any atom is 0.141 e. The zero-order valence-corrected chi connectivity index (χ0v) is 10.2. The summed E-state index contributed by atoms with van der Waals surface area (Å²) in [6.07, 6.45) is 3.06. The minimum absolute atomic E-state index is 0.0528. The van der Waals surface area contributed by atoms with E-state index in [-0.39, 0.29) is 5.02 Å². The lowest BCUT2D eigenvalue weighted by Gasteiger charge is -2.12. The Labute approximate surface area is 108 Å². The summed E-state index contributed by atoms with van der Waals surface area (Å²) in [7, 11) is 0. The molecule has 5 heteroatoms. The van der Waals surface area contributed by atoms with Gasteiger partial charge in [-0.05, 0) is 35.7 Å². The van der Waals surface area contributed by atoms with E-state index in [4.69, 9.17) is 17.3 Å². The Bertz CT molecular complexity index is 560. The lowest BCUT2D eigenvalue weighted by Crippen LogP contribution is -2.14. The molecule has 2 N–H and O–H groups in total. The summed E-state index contributed by atoms with van der Waals surface area (Å²) >= 11 is 5.68. The standard InChI is InChI=1S/C13H11ClF2N2/c14-11-3-8(1-2-12(11)16)4-13(17)9-5-10(15)7-18-6-9/h1-3,5-7,13H,4,17H2. The minimum Gasteiger partial charge on any atom is -0.324 e. The summed E-state index contributed by atoms with van der Waals surface area (Å²) in [6.45, 7) is 0. The highest BCUT2D eigenvalue weighted by Crippen LogP contribution is 2.20. The van der Waals surface area contributed by atoms with E-state index in [9.17, 15) is 8.78 Å². The third-order valence-corrected chi connectivity index (χ3v) is 2.88. The predicted molar refractivity (Wildman–Crippen MR) is 66.2 cm³/mol. The lowest BCUT2D eigenvalue weighted by atomic mass is 10.0. The van der Waals surface area contributed by atoms with Gasteiger partial charge in [-0.2, -0.15) is 0 Å². The summed E-state index contributed by atoms with van der Waals surface area (Å²) in [5.74, 6) is -0.901. The van der Waals surface area contributed by atoms with E-state index >= 15 is 0 Å². The van der Waals surface area contributed by atoms with Crippen LogP contribution in [0.15, 0.2) is 36.7 Å². The fourth-order valence-corrected chi connectivity index (χ4v) is 1.87. The predicted octanol–water partition coefficient (Wildman–Crippen LogP) is 3.26. The number of aromatic nitrogens is 1. The van der Waals surface area contributed by atoms with Crippen LogP contribution in [0.5, 0.6) is 0 Å². The van der Waals surface area contributed by atoms with Crippen molar-refractivity contribution in [2.24, 2.45) is 5.73 Å². The van der Waals surface area contributed by atoms with Gasteiger partial charge >= 0.3 is 0 Å². The number of rotatable bonds is 3. The summed E-state index contributed by atoms with van der Waals surface area (Å²) in [4.78, 5) is 3.74. The summed E-state index contributed by atoms with van der Waals surface area (Å²) in [6, 6.07) is 5.34. The average molecular weight is 269 g/mol. The number of nitrogens with zero attached hydrogens (tertiary/aromatic N) is 1. The van der Waals surface area contributed by atoms with Gasteiger partial charge in [0.25, 0.3) is 0 Å². The van der Waals surface area contributed by atoms with Crippen molar-refractivity contribution in [3.63, 3.8) is 0 Å². The third-order valence-electron chi connectivity index (χ3n) is 2.59. The van der Waals surface area contributed by atoms with Crippen molar-refractivity contribution in [1.82, 2.24) is 4.98 Å². The second kappa shape index (κ2) is 5.42. The molecule has 1 aromatic carbocycles. The van der Waals surface area contributed by atoms with Crippen molar-refractivity contribution in [1.29, 1.82) is 0 Å². The van der Waals surface area contributed by atoms with E-state index in [2.05, 4.69) is 4.98 Å². The van der Waals surface area contributed by atoms with Crippen LogP contribution < -0.4 is 5.73 Å². The largest absolute Gasteiger partial charge is 0.324 e. The first-order chi connectivity index (χ1) is 8.56. The van der Waals surface area contributed by atoms with E-state index < -0.39 is 17.7 Å². The zero-order chi connectivity index (χ0) is 13.1. The molecule has 94 valence electrons. The van der Waals surface area contributed by atoms with E-state index in [0.29, 0.717) is 12.0 Å². The van der Waals surface area contributed by atoms with E-state index in [1.54, 1.807) is 6.07 Å². The highest BCUT2D eigenvalue weighted by atomic mass is 35.5. The highest BCUT2D eigenvalue weighted by molar-refractivity contribution is 6.30. The van der Waals surface area contributed by atoms with Crippen molar-refractivity contribution < 1.29 is 8.78 Å². The van der Waals surface area contributed by atoms with Gasteiger partial charge in [0.2, 0.25) is 0 Å². The minimum atomic E-state index is -0.471. The Hall–Kier alpha value is -1.52. The van der Waals surface area contributed by atoms with Gasteiger partial charge in [0.15, 0.2) is 0 Å². The molecule has 1 atom stereocenters. The van der Waals surface area contributed by atoms with E-state index in [1.807, 2.05) is 0 Å². The molecule has 0 aliphatic heterocycles. The molecule has 18 heavy (non-hydrogen) atoms. The first kappa shape index (κ1) is 12.9. The number of nitrogens with two attached hydrogens (primary N) is 1. The first-order valence-electron chi connectivity index (χ1n) is 5.36. The Morgan fingerprint density at radius 1 is 1.22 bits per heavy atom. The van der Waals surface area contributed by atoms with Crippen LogP contribution in [-0.2, 0) is 6.42 Å². The number of pyridine rings is 1. The van der Waals surface area contributed by atoms with Crippen LogP contribution in [-0.4, -0.2) is 4.98 Å². The molecular weight excluding hydrogens is 258 g/mol. The normalized spacial score (nSPS) is 12.4. The van der Waals surface area contributed by atoms with Crippen LogP contribution in [0.1, 0.15) is 17.2 Å². The molecule has 0 amide bonds. The molecule has 2 aromatic rings. The fourth-order valence-electron chi connectivity index (χ4n) is 1.67. The zero-order valence-electron chi connectivity index (χ0n) is 9.41. The molecule has 0 fully saturated rings. The van der Waals surface area contributed by atoms with Crippen LogP contribution in [0.25, 0.3) is 0 Å². The number of halogens is 3. The summed E-state index contributed by atoms with van der Waals surface area (Å²) < 4.78 is 26.0. The number of benzene rings is 1. The van der Waals surface area contributed by atoms with Gasteiger partial charge in [0, 0.05) is 12.2 Å². The van der Waals surface area contributed by atoms with E-state index in [1.165, 1.54) is 24.4 Å². The molecule has 0 saturated carbocycles. The molecule has 2 nitrogen and oxygen atoms in total. The van der Waals surface area contributed by atoms with Gasteiger partial charge < -0.3 is 5.73 Å². The molecule has 0 radical (unpaired) electrons. The molecular formula is C13H11ClF2N2. The second-order valence-electron chi connectivity index (χ2n) is 4.00. The van der Waals surface area contributed by atoms with E-state index in [0.717, 1.165) is 11.8 Å². The maximum absolute atomic E-state index is 13.0.